The zero-order valence-corrected chi connectivity index (χ0v) is 11.5. The number of hydrogen-bond acceptors (Lipinski definition) is 4. The zero-order chi connectivity index (χ0) is 13.4. The van der Waals surface area contributed by atoms with E-state index in [9.17, 15) is 4.79 Å². The lowest BCUT2D eigenvalue weighted by atomic mass is 10.0. The van der Waals surface area contributed by atoms with E-state index < -0.39 is 0 Å². The molecule has 1 aliphatic heterocycles. The van der Waals surface area contributed by atoms with Crippen molar-refractivity contribution in [2.45, 2.75) is 38.2 Å². The summed E-state index contributed by atoms with van der Waals surface area (Å²) < 4.78 is 10.8. The third kappa shape index (κ3) is 4.92. The molecular weight excluding hydrogens is 232 g/mol. The van der Waals surface area contributed by atoms with Gasteiger partial charge in [-0.25, -0.2) is 0 Å². The van der Waals surface area contributed by atoms with Gasteiger partial charge >= 0.3 is 0 Å². The van der Waals surface area contributed by atoms with Crippen LogP contribution in [0.4, 0.5) is 0 Å². The van der Waals surface area contributed by atoms with E-state index in [-0.39, 0.29) is 11.5 Å². The largest absolute Gasteiger partial charge is 0.378 e. The van der Waals surface area contributed by atoms with Crippen LogP contribution in [0.5, 0.6) is 0 Å². The van der Waals surface area contributed by atoms with Crippen molar-refractivity contribution in [1.29, 1.82) is 0 Å². The maximum atomic E-state index is 11.7. The molecule has 0 aromatic rings. The van der Waals surface area contributed by atoms with Crippen LogP contribution < -0.4 is 11.1 Å². The molecule has 2 atom stereocenters. The third-order valence-corrected chi connectivity index (χ3v) is 3.63. The molecule has 1 heterocycles. The molecule has 0 aromatic heterocycles. The number of nitrogens with one attached hydrogen (secondary N) is 1. The van der Waals surface area contributed by atoms with Gasteiger partial charge in [0.05, 0.1) is 6.61 Å². The Morgan fingerprint density at radius 2 is 2.33 bits per heavy atom. The molecule has 0 spiro atoms. The minimum absolute atomic E-state index is 0.0854. The number of carbonyl (C=O) groups excluding carboxylic acids is 1. The fourth-order valence-corrected chi connectivity index (χ4v) is 2.12. The monoisotopic (exact) mass is 258 g/mol. The van der Waals surface area contributed by atoms with Crippen molar-refractivity contribution in [2.75, 3.05) is 33.4 Å². The predicted octanol–water partition coefficient (Wildman–Crippen LogP) is 0.673. The van der Waals surface area contributed by atoms with E-state index in [2.05, 4.69) is 12.2 Å². The Hall–Kier alpha value is -0.650. The lowest BCUT2D eigenvalue weighted by Gasteiger charge is -2.26. The lowest BCUT2D eigenvalue weighted by Crippen LogP contribution is -2.45. The van der Waals surface area contributed by atoms with Gasteiger partial charge in [-0.15, -0.1) is 0 Å². The van der Waals surface area contributed by atoms with Crippen LogP contribution in [0.3, 0.4) is 0 Å². The molecule has 5 nitrogen and oxygen atoms in total. The first kappa shape index (κ1) is 15.4. The van der Waals surface area contributed by atoms with Gasteiger partial charge < -0.3 is 20.5 Å². The minimum Gasteiger partial charge on any atom is -0.378 e. The Morgan fingerprint density at radius 3 is 2.89 bits per heavy atom. The lowest BCUT2D eigenvalue weighted by molar-refractivity contribution is -0.123. The van der Waals surface area contributed by atoms with Crippen LogP contribution in [-0.4, -0.2) is 44.9 Å². The van der Waals surface area contributed by atoms with E-state index in [0.29, 0.717) is 38.6 Å². The Balaban J connectivity index is 2.20. The van der Waals surface area contributed by atoms with Crippen LogP contribution in [0.15, 0.2) is 0 Å². The first-order valence-corrected chi connectivity index (χ1v) is 6.71. The number of amides is 1. The SMILES string of the molecule is COC1(CNC(=O)CCC(C)CCN)CCOC1. The summed E-state index contributed by atoms with van der Waals surface area (Å²) in [4.78, 5) is 11.7. The first-order chi connectivity index (χ1) is 8.62. The van der Waals surface area contributed by atoms with Crippen molar-refractivity contribution in [3.63, 3.8) is 0 Å². The molecule has 18 heavy (non-hydrogen) atoms. The van der Waals surface area contributed by atoms with Gasteiger partial charge in [-0.3, -0.25) is 4.79 Å². The quantitative estimate of drug-likeness (QED) is 0.671. The third-order valence-electron chi connectivity index (χ3n) is 3.63. The summed E-state index contributed by atoms with van der Waals surface area (Å²) in [7, 11) is 1.67. The second-order valence-corrected chi connectivity index (χ2v) is 5.19. The molecule has 1 amide bonds. The first-order valence-electron chi connectivity index (χ1n) is 6.71. The van der Waals surface area contributed by atoms with E-state index in [0.717, 1.165) is 19.3 Å². The number of rotatable bonds is 8. The van der Waals surface area contributed by atoms with E-state index in [1.165, 1.54) is 0 Å². The molecule has 2 unspecified atom stereocenters. The van der Waals surface area contributed by atoms with Crippen molar-refractivity contribution in [2.24, 2.45) is 11.7 Å². The Morgan fingerprint density at radius 1 is 1.56 bits per heavy atom. The standard InChI is InChI=1S/C13H26N2O3/c1-11(5-7-14)3-4-12(16)15-9-13(17-2)6-8-18-10-13/h11H,3-10,14H2,1-2H3,(H,15,16). The van der Waals surface area contributed by atoms with Crippen LogP contribution in [0, 0.1) is 5.92 Å². The van der Waals surface area contributed by atoms with Crippen molar-refractivity contribution in [3.8, 4) is 0 Å². The van der Waals surface area contributed by atoms with E-state index >= 15 is 0 Å². The predicted molar refractivity (Wildman–Crippen MR) is 70.3 cm³/mol. The fourth-order valence-electron chi connectivity index (χ4n) is 2.12. The number of ether oxygens (including phenoxy) is 2. The van der Waals surface area contributed by atoms with Crippen molar-refractivity contribution >= 4 is 5.91 Å². The molecule has 0 bridgehead atoms. The van der Waals surface area contributed by atoms with Crippen LogP contribution in [0.25, 0.3) is 0 Å². The summed E-state index contributed by atoms with van der Waals surface area (Å²) in [6.45, 7) is 4.62. The molecule has 1 fully saturated rings. The van der Waals surface area contributed by atoms with Crippen molar-refractivity contribution in [3.05, 3.63) is 0 Å². The summed E-state index contributed by atoms with van der Waals surface area (Å²) in [6, 6.07) is 0. The average Bonchev–Trinajstić information content (AvgIpc) is 2.84. The van der Waals surface area contributed by atoms with Crippen LogP contribution in [0.1, 0.15) is 32.6 Å². The topological polar surface area (TPSA) is 73.6 Å². The summed E-state index contributed by atoms with van der Waals surface area (Å²) >= 11 is 0. The normalized spacial score (nSPS) is 25.1. The highest BCUT2D eigenvalue weighted by atomic mass is 16.5. The number of hydrogen-bond donors (Lipinski definition) is 2. The van der Waals surface area contributed by atoms with Crippen molar-refractivity contribution in [1.82, 2.24) is 5.32 Å². The Bertz CT molecular complexity index is 253. The van der Waals surface area contributed by atoms with Crippen LogP contribution in [0.2, 0.25) is 0 Å². The maximum absolute atomic E-state index is 11.7. The Kier molecular flexibility index (Phi) is 6.60. The minimum atomic E-state index is -0.321. The molecule has 0 radical (unpaired) electrons. The van der Waals surface area contributed by atoms with Gasteiger partial charge in [-0.05, 0) is 25.3 Å². The van der Waals surface area contributed by atoms with Gasteiger partial charge in [-0.2, -0.15) is 0 Å². The molecule has 3 N–H and O–H groups in total. The molecule has 0 aliphatic carbocycles. The zero-order valence-electron chi connectivity index (χ0n) is 11.5. The highest BCUT2D eigenvalue weighted by Crippen LogP contribution is 2.21. The van der Waals surface area contributed by atoms with Crippen LogP contribution in [-0.2, 0) is 14.3 Å². The molecule has 1 saturated heterocycles. The molecule has 1 rings (SSSR count). The highest BCUT2D eigenvalue weighted by Gasteiger charge is 2.35. The van der Waals surface area contributed by atoms with E-state index in [1.54, 1.807) is 7.11 Å². The number of carbonyl (C=O) groups is 1. The summed E-state index contributed by atoms with van der Waals surface area (Å²) in [5.41, 5.74) is 5.16. The Labute approximate surface area is 109 Å². The highest BCUT2D eigenvalue weighted by molar-refractivity contribution is 5.75. The molecule has 0 aromatic carbocycles. The average molecular weight is 258 g/mol. The molecule has 0 saturated carbocycles. The smallest absolute Gasteiger partial charge is 0.220 e. The maximum Gasteiger partial charge on any atom is 0.220 e. The van der Waals surface area contributed by atoms with Crippen molar-refractivity contribution < 1.29 is 14.3 Å². The van der Waals surface area contributed by atoms with Crippen LogP contribution >= 0.6 is 0 Å². The van der Waals surface area contributed by atoms with Gasteiger partial charge in [-0.1, -0.05) is 6.92 Å². The van der Waals surface area contributed by atoms with Gasteiger partial charge in [0.1, 0.15) is 5.60 Å². The fraction of sp³-hybridized carbons (Fsp3) is 0.923. The number of nitrogens with two attached hydrogens (primary N) is 1. The molecule has 1 aliphatic rings. The van der Waals surface area contributed by atoms with E-state index in [1.807, 2.05) is 0 Å². The molecular formula is C13H26N2O3. The second-order valence-electron chi connectivity index (χ2n) is 5.19. The van der Waals surface area contributed by atoms with Gasteiger partial charge in [0, 0.05) is 33.1 Å². The summed E-state index contributed by atoms with van der Waals surface area (Å²) in [5.74, 6) is 0.592. The van der Waals surface area contributed by atoms with Gasteiger partial charge in [0.15, 0.2) is 0 Å². The number of methoxy groups -OCH3 is 1. The molecule has 106 valence electrons. The summed E-state index contributed by atoms with van der Waals surface area (Å²) in [5, 5.41) is 2.94. The molecule has 5 heteroatoms. The van der Waals surface area contributed by atoms with Gasteiger partial charge in [0.2, 0.25) is 5.91 Å². The second kappa shape index (κ2) is 7.71. The summed E-state index contributed by atoms with van der Waals surface area (Å²) in [6.07, 6.45) is 3.26. The van der Waals surface area contributed by atoms with Gasteiger partial charge in [0.25, 0.3) is 0 Å². The van der Waals surface area contributed by atoms with E-state index in [4.69, 9.17) is 15.2 Å².